The Morgan fingerprint density at radius 3 is 1.37 bits per heavy atom. The summed E-state index contributed by atoms with van der Waals surface area (Å²) in [6.07, 6.45) is 1.08. The van der Waals surface area contributed by atoms with Gasteiger partial charge in [-0.1, -0.05) is 149 Å². The van der Waals surface area contributed by atoms with Crippen LogP contribution in [-0.2, 0) is 43.8 Å². The van der Waals surface area contributed by atoms with Crippen molar-refractivity contribution in [2.75, 3.05) is 39.1 Å². The van der Waals surface area contributed by atoms with Crippen molar-refractivity contribution in [1.82, 2.24) is 0 Å². The maximum Gasteiger partial charge on any atom is 0.328 e. The molecule has 2 atom stereocenters. The van der Waals surface area contributed by atoms with E-state index in [1.807, 2.05) is 194 Å². The molecule has 0 fully saturated rings. The average Bonchev–Trinajstić information content (AvgIpc) is 3.43. The van der Waals surface area contributed by atoms with Crippen molar-refractivity contribution in [2.45, 2.75) is 36.9 Å². The van der Waals surface area contributed by atoms with Crippen LogP contribution in [0.3, 0.4) is 0 Å². The highest BCUT2D eigenvalue weighted by atomic mass is 79.9. The van der Waals surface area contributed by atoms with Crippen LogP contribution in [0.15, 0.2) is 206 Å². The maximum absolute atomic E-state index is 12.4. The summed E-state index contributed by atoms with van der Waals surface area (Å²) in [7, 11) is 6.14. The van der Waals surface area contributed by atoms with Crippen LogP contribution >= 0.6 is 15.9 Å². The van der Waals surface area contributed by atoms with Gasteiger partial charge in [0, 0.05) is 29.5 Å². The average molecular weight is 1020 g/mol. The molecule has 11 heteroatoms. The van der Waals surface area contributed by atoms with Crippen molar-refractivity contribution in [3.63, 3.8) is 0 Å². The van der Waals surface area contributed by atoms with E-state index >= 15 is 0 Å². The van der Waals surface area contributed by atoms with Gasteiger partial charge in [0.25, 0.3) is 0 Å². The number of phenols is 1. The Bertz CT molecular complexity index is 2820. The number of methoxy groups -OCH3 is 4. The number of esters is 2. The van der Waals surface area contributed by atoms with E-state index < -0.39 is 12.1 Å². The SMILES string of the molecule is COC(=O)C(Cc1ccccc1)Nc1cccc(-c2ccc(O)cc2)c1.COC(=O)C(Cc1ccccc1)Nc1cccc(-c2ccc(OCc3cccc(OC)c3)cc2)c1.COc1ccc(CBr)cc1. The molecule has 364 valence electrons. The van der Waals surface area contributed by atoms with Gasteiger partial charge in [0.1, 0.15) is 41.7 Å². The number of halogens is 1. The summed E-state index contributed by atoms with van der Waals surface area (Å²) in [6.45, 7) is 0.465. The van der Waals surface area contributed by atoms with E-state index in [0.717, 1.165) is 72.9 Å². The first-order valence-electron chi connectivity index (χ1n) is 23.0. The number of phenolic OH excluding ortho intramolecular Hbond substituents is 1. The summed E-state index contributed by atoms with van der Waals surface area (Å²) in [6, 6.07) is 65.4. The molecule has 10 nitrogen and oxygen atoms in total. The second kappa shape index (κ2) is 27.8. The molecule has 0 amide bonds. The molecule has 71 heavy (non-hydrogen) atoms. The fraction of sp³-hybridized carbons (Fsp3) is 0.167. The zero-order valence-corrected chi connectivity index (χ0v) is 41.9. The van der Waals surface area contributed by atoms with E-state index in [9.17, 15) is 14.7 Å². The number of carbonyl (C=O) groups is 2. The van der Waals surface area contributed by atoms with Gasteiger partial charge < -0.3 is 39.4 Å². The van der Waals surface area contributed by atoms with Crippen LogP contribution in [-0.4, -0.2) is 57.6 Å². The second-order valence-electron chi connectivity index (χ2n) is 16.2. The van der Waals surface area contributed by atoms with Gasteiger partial charge in [0.2, 0.25) is 0 Å². The third-order valence-electron chi connectivity index (χ3n) is 11.2. The monoisotopic (exact) mass is 1010 g/mol. The lowest BCUT2D eigenvalue weighted by molar-refractivity contribution is -0.142. The molecular formula is C60H59BrN2O8. The topological polar surface area (TPSA) is 125 Å². The molecule has 0 aliphatic heterocycles. The van der Waals surface area contributed by atoms with E-state index in [-0.39, 0.29) is 17.7 Å². The summed E-state index contributed by atoms with van der Waals surface area (Å²) in [4.78, 5) is 24.6. The van der Waals surface area contributed by atoms with Crippen molar-refractivity contribution in [3.8, 4) is 45.3 Å². The summed E-state index contributed by atoms with van der Waals surface area (Å²) in [5, 5.41) is 17.0. The number of carbonyl (C=O) groups excluding carboxylic acids is 2. The zero-order valence-electron chi connectivity index (χ0n) is 40.3. The van der Waals surface area contributed by atoms with Crippen LogP contribution < -0.4 is 24.8 Å². The normalized spacial score (nSPS) is 11.2. The molecule has 0 saturated heterocycles. The molecule has 0 spiro atoms. The molecule has 0 bridgehead atoms. The maximum atomic E-state index is 12.4. The van der Waals surface area contributed by atoms with Gasteiger partial charge in [-0.3, -0.25) is 0 Å². The van der Waals surface area contributed by atoms with Crippen molar-refractivity contribution in [1.29, 1.82) is 0 Å². The van der Waals surface area contributed by atoms with E-state index in [2.05, 4.69) is 26.6 Å². The lowest BCUT2D eigenvalue weighted by Crippen LogP contribution is -2.32. The van der Waals surface area contributed by atoms with E-state index in [4.69, 9.17) is 23.7 Å². The largest absolute Gasteiger partial charge is 0.508 e. The molecule has 0 heterocycles. The van der Waals surface area contributed by atoms with E-state index in [1.165, 1.54) is 19.8 Å². The number of hydrogen-bond acceptors (Lipinski definition) is 10. The van der Waals surface area contributed by atoms with Gasteiger partial charge in [-0.05, 0) is 117 Å². The van der Waals surface area contributed by atoms with Crippen LogP contribution in [0.4, 0.5) is 11.4 Å². The number of rotatable bonds is 18. The molecule has 0 aliphatic carbocycles. The number of hydrogen-bond donors (Lipinski definition) is 3. The second-order valence-corrected chi connectivity index (χ2v) is 16.7. The molecule has 0 saturated carbocycles. The first kappa shape index (κ1) is 52.4. The van der Waals surface area contributed by atoms with Crippen molar-refractivity contribution in [3.05, 3.63) is 229 Å². The summed E-state index contributed by atoms with van der Waals surface area (Å²) < 4.78 is 26.2. The van der Waals surface area contributed by atoms with Crippen LogP contribution in [0.1, 0.15) is 22.3 Å². The van der Waals surface area contributed by atoms with Gasteiger partial charge in [-0.25, -0.2) is 9.59 Å². The first-order valence-corrected chi connectivity index (χ1v) is 24.1. The number of alkyl halides is 1. The Morgan fingerprint density at radius 2 is 0.901 bits per heavy atom. The third-order valence-corrected chi connectivity index (χ3v) is 11.8. The van der Waals surface area contributed by atoms with Gasteiger partial charge in [0.15, 0.2) is 0 Å². The molecule has 8 rings (SSSR count). The highest BCUT2D eigenvalue weighted by molar-refractivity contribution is 9.08. The quantitative estimate of drug-likeness (QED) is 0.0565. The van der Waals surface area contributed by atoms with Gasteiger partial charge in [-0.15, -0.1) is 0 Å². The summed E-state index contributed by atoms with van der Waals surface area (Å²) >= 11 is 3.36. The van der Waals surface area contributed by atoms with E-state index in [0.29, 0.717) is 19.4 Å². The Morgan fingerprint density at radius 1 is 0.451 bits per heavy atom. The molecular weight excluding hydrogens is 957 g/mol. The zero-order chi connectivity index (χ0) is 50.2. The minimum atomic E-state index is -0.481. The molecule has 8 aromatic carbocycles. The van der Waals surface area contributed by atoms with E-state index in [1.54, 1.807) is 26.4 Å². The highest BCUT2D eigenvalue weighted by Gasteiger charge is 2.21. The van der Waals surface area contributed by atoms with Crippen LogP contribution in [0.5, 0.6) is 23.0 Å². The fourth-order valence-electron chi connectivity index (χ4n) is 7.39. The van der Waals surface area contributed by atoms with Gasteiger partial charge >= 0.3 is 11.9 Å². The Kier molecular flexibility index (Phi) is 20.5. The lowest BCUT2D eigenvalue weighted by Gasteiger charge is -2.18. The molecule has 8 aromatic rings. The van der Waals surface area contributed by atoms with Crippen LogP contribution in [0.25, 0.3) is 22.3 Å². The molecule has 0 aromatic heterocycles. The van der Waals surface area contributed by atoms with Crippen LogP contribution in [0, 0.1) is 0 Å². The molecule has 2 unspecified atom stereocenters. The predicted octanol–water partition coefficient (Wildman–Crippen LogP) is 13.0. The van der Waals surface area contributed by atoms with Crippen molar-refractivity contribution >= 4 is 39.2 Å². The number of benzene rings is 8. The Labute approximate surface area is 425 Å². The van der Waals surface area contributed by atoms with Gasteiger partial charge in [0.05, 0.1) is 28.4 Å². The van der Waals surface area contributed by atoms with Gasteiger partial charge in [-0.2, -0.15) is 0 Å². The molecule has 0 aliphatic rings. The lowest BCUT2D eigenvalue weighted by atomic mass is 10.0. The Hall–Kier alpha value is -8.02. The first-order chi connectivity index (χ1) is 34.7. The summed E-state index contributed by atoms with van der Waals surface area (Å²) in [5.41, 5.74) is 10.2. The summed E-state index contributed by atoms with van der Waals surface area (Å²) in [5.74, 6) is 2.15. The minimum absolute atomic E-state index is 0.233. The fourth-order valence-corrected chi connectivity index (χ4v) is 7.76. The highest BCUT2D eigenvalue weighted by Crippen LogP contribution is 2.28. The molecule has 3 N–H and O–H groups in total. The standard InChI is InChI=1S/C30H29NO4.C22H21NO3.C8H9BrO/c1-33-28-13-6-10-23(18-28)21-35-27-16-14-24(15-17-27)25-11-7-12-26(20-25)31-29(30(32)34-2)19-22-8-4-3-5-9-22;1-26-22(25)21(14-16-6-3-2-4-7-16)23-19-9-5-8-18(15-19)17-10-12-20(24)13-11-17;1-10-8-4-2-7(6-9)3-5-8/h3-18,20,29,31H,19,21H2,1-2H3;2-13,15,21,23-24H,14H2,1H3;2-5H,6H2,1H3. The number of nitrogens with one attached hydrogen (secondary N) is 2. The van der Waals surface area contributed by atoms with Crippen molar-refractivity contribution < 1.29 is 38.4 Å². The minimum Gasteiger partial charge on any atom is -0.508 e. The third kappa shape index (κ3) is 16.9. The van der Waals surface area contributed by atoms with Crippen molar-refractivity contribution in [2.24, 2.45) is 0 Å². The number of aromatic hydroxyl groups is 1. The predicted molar refractivity (Wildman–Crippen MR) is 288 cm³/mol. The number of anilines is 2. The number of ether oxygens (including phenoxy) is 5. The van der Waals surface area contributed by atoms with Crippen LogP contribution in [0.2, 0.25) is 0 Å². The molecule has 0 radical (unpaired) electrons. The smallest absolute Gasteiger partial charge is 0.328 e. The Balaban J connectivity index is 0.000000200.